The zero-order valence-corrected chi connectivity index (χ0v) is 37.4. The van der Waals surface area contributed by atoms with Crippen molar-refractivity contribution in [2.24, 2.45) is 0 Å². The van der Waals surface area contributed by atoms with E-state index in [1.54, 1.807) is 0 Å². The van der Waals surface area contributed by atoms with Gasteiger partial charge in [-0.15, -0.1) is 0 Å². The number of esters is 1. The summed E-state index contributed by atoms with van der Waals surface area (Å²) in [6, 6.07) is 0. The molecule has 2 atom stereocenters. The Kier molecular flexibility index (Phi) is 42.0. The SMILES string of the molecule is CC/C=C\C/C=C\C/C=C\CCCCCCCC(=O)OCC(O)COP(=O)(O)OCCNC(=O)CCCCCCCCCCCCC/C=C/CCCCCCCC. The van der Waals surface area contributed by atoms with Crippen LogP contribution in [-0.2, 0) is 27.9 Å². The van der Waals surface area contributed by atoms with Crippen LogP contribution in [0.3, 0.4) is 0 Å². The van der Waals surface area contributed by atoms with Crippen LogP contribution in [0.25, 0.3) is 0 Å². The van der Waals surface area contributed by atoms with Crippen molar-refractivity contribution < 1.29 is 37.9 Å². The van der Waals surface area contributed by atoms with E-state index in [1.165, 1.54) is 103 Å². The molecule has 9 nitrogen and oxygen atoms in total. The van der Waals surface area contributed by atoms with Crippen molar-refractivity contribution in [3.05, 3.63) is 48.6 Å². The Bertz CT molecular complexity index is 1080. The van der Waals surface area contributed by atoms with E-state index >= 15 is 0 Å². The van der Waals surface area contributed by atoms with Crippen LogP contribution >= 0.6 is 7.82 Å². The van der Waals surface area contributed by atoms with Crippen LogP contribution in [0.15, 0.2) is 48.6 Å². The molecule has 0 aliphatic rings. The lowest BCUT2D eigenvalue weighted by Gasteiger charge is -2.15. The van der Waals surface area contributed by atoms with Gasteiger partial charge in [0.2, 0.25) is 5.91 Å². The van der Waals surface area contributed by atoms with Crippen LogP contribution in [0.5, 0.6) is 0 Å². The third-order valence-corrected chi connectivity index (χ3v) is 10.7. The molecule has 0 aliphatic carbocycles. The number of aliphatic hydroxyl groups is 1. The maximum atomic E-state index is 12.1. The molecule has 0 radical (unpaired) electrons. The Hall–Kier alpha value is -2.03. The normalized spacial score (nSPS) is 13.7. The van der Waals surface area contributed by atoms with Crippen molar-refractivity contribution in [1.82, 2.24) is 5.32 Å². The Morgan fingerprint density at radius 1 is 0.561 bits per heavy atom. The summed E-state index contributed by atoms with van der Waals surface area (Å²) in [4.78, 5) is 33.9. The van der Waals surface area contributed by atoms with Gasteiger partial charge in [0.25, 0.3) is 0 Å². The standard InChI is InChI=1S/C47H86NO8P/c1-3-5-7-9-11-13-15-17-19-20-21-22-23-24-26-27-29-31-33-35-37-39-46(50)48-41-42-55-57(52,53)56-44-45(49)43-54-47(51)40-38-36-34-32-30-28-25-18-16-14-12-10-8-6-4-2/h6,8,12,14,17-19,25,45,49H,3-5,7,9-11,13,15-16,20-24,26-44H2,1-2H3,(H,48,50)(H,52,53)/b8-6-,14-12-,19-17+,25-18-. The number of allylic oxidation sites excluding steroid dienone is 8. The number of rotatable bonds is 43. The number of carbonyl (C=O) groups is 2. The summed E-state index contributed by atoms with van der Waals surface area (Å²) in [6.45, 7) is 3.43. The average Bonchev–Trinajstić information content (AvgIpc) is 3.20. The van der Waals surface area contributed by atoms with E-state index in [0.717, 1.165) is 70.6 Å². The summed E-state index contributed by atoms with van der Waals surface area (Å²) < 4.78 is 26.9. The molecule has 0 aromatic heterocycles. The second kappa shape index (κ2) is 43.5. The minimum absolute atomic E-state index is 0.0787. The first-order chi connectivity index (χ1) is 27.8. The zero-order valence-electron chi connectivity index (χ0n) is 36.5. The lowest BCUT2D eigenvalue weighted by atomic mass is 10.0. The quantitative estimate of drug-likeness (QED) is 0.0240. The van der Waals surface area contributed by atoms with E-state index in [9.17, 15) is 24.2 Å². The van der Waals surface area contributed by atoms with Gasteiger partial charge in [0.1, 0.15) is 12.7 Å². The molecule has 1 amide bonds. The minimum Gasteiger partial charge on any atom is -0.463 e. The van der Waals surface area contributed by atoms with E-state index in [2.05, 4.69) is 67.8 Å². The van der Waals surface area contributed by atoms with Gasteiger partial charge < -0.3 is 20.1 Å². The van der Waals surface area contributed by atoms with E-state index in [4.69, 9.17) is 13.8 Å². The first-order valence-corrected chi connectivity index (χ1v) is 24.6. The molecule has 57 heavy (non-hydrogen) atoms. The second-order valence-electron chi connectivity index (χ2n) is 15.3. The third kappa shape index (κ3) is 44.9. The molecule has 0 saturated carbocycles. The summed E-state index contributed by atoms with van der Waals surface area (Å²) in [5, 5.41) is 12.7. The van der Waals surface area contributed by atoms with Crippen LogP contribution < -0.4 is 5.32 Å². The predicted molar refractivity (Wildman–Crippen MR) is 238 cm³/mol. The monoisotopic (exact) mass is 824 g/mol. The fourth-order valence-electron chi connectivity index (χ4n) is 6.27. The largest absolute Gasteiger partial charge is 0.472 e. The van der Waals surface area contributed by atoms with E-state index in [1.807, 2.05) is 0 Å². The van der Waals surface area contributed by atoms with Gasteiger partial charge >= 0.3 is 13.8 Å². The second-order valence-corrected chi connectivity index (χ2v) is 16.8. The van der Waals surface area contributed by atoms with Crippen LogP contribution in [-0.4, -0.2) is 54.3 Å². The van der Waals surface area contributed by atoms with E-state index in [0.29, 0.717) is 12.8 Å². The van der Waals surface area contributed by atoms with Crippen molar-refractivity contribution >= 4 is 19.7 Å². The molecule has 10 heteroatoms. The zero-order chi connectivity index (χ0) is 41.8. The number of unbranched alkanes of at least 4 members (excludes halogenated alkanes) is 22. The molecule has 0 bridgehead atoms. The number of amides is 1. The highest BCUT2D eigenvalue weighted by Gasteiger charge is 2.23. The van der Waals surface area contributed by atoms with Crippen LogP contribution in [0.2, 0.25) is 0 Å². The van der Waals surface area contributed by atoms with Crippen molar-refractivity contribution in [2.75, 3.05) is 26.4 Å². The average molecular weight is 824 g/mol. The molecule has 0 rings (SSSR count). The number of hydrogen-bond donors (Lipinski definition) is 3. The fourth-order valence-corrected chi connectivity index (χ4v) is 7.03. The van der Waals surface area contributed by atoms with Gasteiger partial charge in [-0.25, -0.2) is 4.57 Å². The summed E-state index contributed by atoms with van der Waals surface area (Å²) in [5.41, 5.74) is 0. The topological polar surface area (TPSA) is 131 Å². The molecule has 0 spiro atoms. The molecular weight excluding hydrogens is 737 g/mol. The fraction of sp³-hybridized carbons (Fsp3) is 0.787. The first-order valence-electron chi connectivity index (χ1n) is 23.1. The van der Waals surface area contributed by atoms with Gasteiger partial charge in [-0.2, -0.15) is 0 Å². The molecule has 2 unspecified atom stereocenters. The maximum absolute atomic E-state index is 12.1. The minimum atomic E-state index is -4.42. The van der Waals surface area contributed by atoms with Gasteiger partial charge in [0.15, 0.2) is 0 Å². The number of hydrogen-bond acceptors (Lipinski definition) is 7. The van der Waals surface area contributed by atoms with Crippen LogP contribution in [0.1, 0.15) is 206 Å². The van der Waals surface area contributed by atoms with Gasteiger partial charge in [-0.05, 0) is 70.6 Å². The number of phosphoric acid groups is 1. The molecule has 332 valence electrons. The Labute approximate surface area is 349 Å². The summed E-state index contributed by atoms with van der Waals surface area (Å²) in [5.74, 6) is -0.533. The van der Waals surface area contributed by atoms with Crippen LogP contribution in [0.4, 0.5) is 0 Å². The predicted octanol–water partition coefficient (Wildman–Crippen LogP) is 13.1. The van der Waals surface area contributed by atoms with Gasteiger partial charge in [-0.1, -0.05) is 172 Å². The van der Waals surface area contributed by atoms with Crippen molar-refractivity contribution in [1.29, 1.82) is 0 Å². The molecule has 0 fully saturated rings. The van der Waals surface area contributed by atoms with E-state index in [-0.39, 0.29) is 32.1 Å². The van der Waals surface area contributed by atoms with Crippen molar-refractivity contribution in [3.63, 3.8) is 0 Å². The molecule has 0 aromatic carbocycles. The Morgan fingerprint density at radius 3 is 1.53 bits per heavy atom. The number of nitrogens with one attached hydrogen (secondary N) is 1. The smallest absolute Gasteiger partial charge is 0.463 e. The molecule has 0 aromatic rings. The highest BCUT2D eigenvalue weighted by molar-refractivity contribution is 7.47. The summed E-state index contributed by atoms with van der Waals surface area (Å²) in [7, 11) is -4.42. The Morgan fingerprint density at radius 2 is 1.00 bits per heavy atom. The lowest BCUT2D eigenvalue weighted by Crippen LogP contribution is -2.27. The molecule has 0 aliphatic heterocycles. The van der Waals surface area contributed by atoms with Crippen LogP contribution in [0, 0.1) is 0 Å². The third-order valence-electron chi connectivity index (χ3n) is 9.74. The Balaban J connectivity index is 3.58. The highest BCUT2D eigenvalue weighted by Crippen LogP contribution is 2.42. The number of ether oxygens (including phenoxy) is 1. The van der Waals surface area contributed by atoms with E-state index < -0.39 is 26.5 Å². The summed E-state index contributed by atoms with van der Waals surface area (Å²) in [6.07, 6.45) is 50.5. The van der Waals surface area contributed by atoms with Crippen molar-refractivity contribution in [2.45, 2.75) is 213 Å². The number of aliphatic hydroxyl groups excluding tert-OH is 1. The van der Waals surface area contributed by atoms with Gasteiger partial charge in [0.05, 0.1) is 13.2 Å². The molecule has 3 N–H and O–H groups in total. The number of phosphoric ester groups is 1. The molecule has 0 saturated heterocycles. The van der Waals surface area contributed by atoms with Gasteiger partial charge in [0, 0.05) is 19.4 Å². The number of carbonyl (C=O) groups excluding carboxylic acids is 2. The lowest BCUT2D eigenvalue weighted by molar-refractivity contribution is -0.147. The van der Waals surface area contributed by atoms with Crippen molar-refractivity contribution in [3.8, 4) is 0 Å². The maximum Gasteiger partial charge on any atom is 0.472 e. The first kappa shape index (κ1) is 55.0. The summed E-state index contributed by atoms with van der Waals surface area (Å²) >= 11 is 0. The van der Waals surface area contributed by atoms with Gasteiger partial charge in [-0.3, -0.25) is 18.6 Å². The molecular formula is C47H86NO8P. The molecule has 0 heterocycles. The highest BCUT2D eigenvalue weighted by atomic mass is 31.2.